The van der Waals surface area contributed by atoms with Crippen molar-refractivity contribution in [3.8, 4) is 0 Å². The van der Waals surface area contributed by atoms with Gasteiger partial charge in [-0.05, 0) is 25.7 Å². The third kappa shape index (κ3) is 2.58. The number of oxazole rings is 1. The van der Waals surface area contributed by atoms with Gasteiger partial charge < -0.3 is 19.8 Å². The van der Waals surface area contributed by atoms with E-state index in [1.807, 2.05) is 4.90 Å². The minimum atomic E-state index is -0.0562. The standard InChI is InChI=1S/C15H23N3O3/c1-20-12-4-2-5-15(12)6-3-7-18(10-15)14(19)11-9-21-13(8-16)17-11/h9,12H,2-8,10,16H2,1H3/t12-,15+/m1/s1. The number of likely N-dealkylation sites (tertiary alicyclic amines) is 1. The van der Waals surface area contributed by atoms with Crippen LogP contribution in [0.5, 0.6) is 0 Å². The normalized spacial score (nSPS) is 29.2. The first-order valence-electron chi connectivity index (χ1n) is 7.65. The van der Waals surface area contributed by atoms with Crippen LogP contribution in [0.15, 0.2) is 10.7 Å². The van der Waals surface area contributed by atoms with Gasteiger partial charge in [-0.2, -0.15) is 0 Å². The maximum atomic E-state index is 12.6. The van der Waals surface area contributed by atoms with Crippen LogP contribution >= 0.6 is 0 Å². The molecule has 0 aromatic carbocycles. The Kier molecular flexibility index (Phi) is 3.99. The van der Waals surface area contributed by atoms with Crippen molar-refractivity contribution in [3.05, 3.63) is 17.8 Å². The molecule has 2 N–H and O–H groups in total. The van der Waals surface area contributed by atoms with E-state index in [1.165, 1.54) is 12.7 Å². The van der Waals surface area contributed by atoms with Gasteiger partial charge in [0, 0.05) is 25.6 Å². The van der Waals surface area contributed by atoms with Crippen molar-refractivity contribution in [3.63, 3.8) is 0 Å². The summed E-state index contributed by atoms with van der Waals surface area (Å²) < 4.78 is 10.8. The van der Waals surface area contributed by atoms with Crippen molar-refractivity contribution in [2.24, 2.45) is 11.1 Å². The Bertz CT molecular complexity index is 516. The van der Waals surface area contributed by atoms with Crippen LogP contribution in [0.1, 0.15) is 48.5 Å². The van der Waals surface area contributed by atoms with E-state index in [-0.39, 0.29) is 24.0 Å². The zero-order valence-corrected chi connectivity index (χ0v) is 12.5. The van der Waals surface area contributed by atoms with Gasteiger partial charge in [0.15, 0.2) is 5.69 Å². The first-order valence-corrected chi connectivity index (χ1v) is 7.65. The largest absolute Gasteiger partial charge is 0.447 e. The lowest BCUT2D eigenvalue weighted by molar-refractivity contribution is -0.0296. The summed E-state index contributed by atoms with van der Waals surface area (Å²) in [6.07, 6.45) is 7.26. The van der Waals surface area contributed by atoms with Gasteiger partial charge in [0.2, 0.25) is 5.89 Å². The van der Waals surface area contributed by atoms with Crippen LogP contribution in [0, 0.1) is 5.41 Å². The van der Waals surface area contributed by atoms with Crippen molar-refractivity contribution in [1.82, 2.24) is 9.88 Å². The Morgan fingerprint density at radius 2 is 2.38 bits per heavy atom. The van der Waals surface area contributed by atoms with E-state index >= 15 is 0 Å². The molecule has 0 unspecified atom stereocenters. The molecular formula is C15H23N3O3. The lowest BCUT2D eigenvalue weighted by Gasteiger charge is -2.43. The minimum Gasteiger partial charge on any atom is -0.447 e. The first kappa shape index (κ1) is 14.5. The molecule has 2 heterocycles. The topological polar surface area (TPSA) is 81.6 Å². The van der Waals surface area contributed by atoms with Crippen LogP contribution in [-0.4, -0.2) is 42.1 Å². The van der Waals surface area contributed by atoms with Crippen molar-refractivity contribution >= 4 is 5.91 Å². The van der Waals surface area contributed by atoms with E-state index in [4.69, 9.17) is 14.9 Å². The van der Waals surface area contributed by atoms with Crippen LogP contribution in [0.3, 0.4) is 0 Å². The van der Waals surface area contributed by atoms with Gasteiger partial charge in [0.1, 0.15) is 6.26 Å². The Morgan fingerprint density at radius 1 is 1.57 bits per heavy atom. The molecule has 2 aliphatic rings. The quantitative estimate of drug-likeness (QED) is 0.914. The maximum absolute atomic E-state index is 12.6. The summed E-state index contributed by atoms with van der Waals surface area (Å²) in [5.41, 5.74) is 5.96. The van der Waals surface area contributed by atoms with Crippen LogP contribution in [0.2, 0.25) is 0 Å². The van der Waals surface area contributed by atoms with E-state index in [0.29, 0.717) is 11.6 Å². The highest BCUT2D eigenvalue weighted by Gasteiger charge is 2.46. The summed E-state index contributed by atoms with van der Waals surface area (Å²) in [7, 11) is 1.78. The lowest BCUT2D eigenvalue weighted by Crippen LogP contribution is -2.49. The van der Waals surface area contributed by atoms with Gasteiger partial charge in [-0.1, -0.05) is 6.42 Å². The molecule has 1 aliphatic carbocycles. The summed E-state index contributed by atoms with van der Waals surface area (Å²) in [4.78, 5) is 18.6. The molecule has 2 atom stereocenters. The molecule has 21 heavy (non-hydrogen) atoms. The number of amides is 1. The minimum absolute atomic E-state index is 0.0562. The highest BCUT2D eigenvalue weighted by molar-refractivity contribution is 5.92. The Morgan fingerprint density at radius 3 is 3.10 bits per heavy atom. The molecule has 116 valence electrons. The van der Waals surface area contributed by atoms with Crippen molar-refractivity contribution in [2.45, 2.75) is 44.8 Å². The first-order chi connectivity index (χ1) is 10.2. The van der Waals surface area contributed by atoms with Crippen molar-refractivity contribution in [2.75, 3.05) is 20.2 Å². The van der Waals surface area contributed by atoms with Gasteiger partial charge >= 0.3 is 0 Å². The van der Waals surface area contributed by atoms with Crippen molar-refractivity contribution in [1.29, 1.82) is 0 Å². The number of piperidine rings is 1. The van der Waals surface area contributed by atoms with E-state index in [0.717, 1.165) is 38.8 Å². The predicted molar refractivity (Wildman–Crippen MR) is 76.6 cm³/mol. The number of methoxy groups -OCH3 is 1. The van der Waals surface area contributed by atoms with Crippen LogP contribution in [0.4, 0.5) is 0 Å². The summed E-state index contributed by atoms with van der Waals surface area (Å²) in [6.45, 7) is 1.75. The van der Waals surface area contributed by atoms with Crippen molar-refractivity contribution < 1.29 is 13.9 Å². The number of hydrogen-bond acceptors (Lipinski definition) is 5. The second kappa shape index (κ2) is 5.77. The Balaban J connectivity index is 1.75. The van der Waals surface area contributed by atoms with Crippen LogP contribution < -0.4 is 5.73 Å². The SMILES string of the molecule is CO[C@@H]1CCC[C@@]12CCCN(C(=O)c1coc(CN)n1)C2. The second-order valence-electron chi connectivity index (χ2n) is 6.14. The fraction of sp³-hybridized carbons (Fsp3) is 0.733. The Labute approximate surface area is 124 Å². The smallest absolute Gasteiger partial charge is 0.275 e. The monoisotopic (exact) mass is 293 g/mol. The molecule has 1 aromatic heterocycles. The number of ether oxygens (including phenoxy) is 1. The molecule has 0 bridgehead atoms. The highest BCUT2D eigenvalue weighted by atomic mass is 16.5. The number of nitrogens with zero attached hydrogens (tertiary/aromatic N) is 2. The van der Waals surface area contributed by atoms with Gasteiger partial charge in [-0.3, -0.25) is 4.79 Å². The number of rotatable bonds is 3. The lowest BCUT2D eigenvalue weighted by atomic mass is 9.76. The molecule has 1 aliphatic heterocycles. The van der Waals surface area contributed by atoms with Crippen LogP contribution in [-0.2, 0) is 11.3 Å². The fourth-order valence-corrected chi connectivity index (χ4v) is 3.94. The number of aromatic nitrogens is 1. The average Bonchev–Trinajstić information content (AvgIpc) is 3.13. The third-order valence-corrected chi connectivity index (χ3v) is 4.95. The van der Waals surface area contributed by atoms with E-state index in [9.17, 15) is 4.79 Å². The molecule has 1 aromatic rings. The number of nitrogens with two attached hydrogens (primary N) is 1. The molecule has 1 saturated carbocycles. The average molecular weight is 293 g/mol. The number of carbonyl (C=O) groups excluding carboxylic acids is 1. The maximum Gasteiger partial charge on any atom is 0.275 e. The Hall–Kier alpha value is -1.40. The number of carbonyl (C=O) groups is 1. The van der Waals surface area contributed by atoms with Gasteiger partial charge in [0.05, 0.1) is 12.6 Å². The molecule has 6 heteroatoms. The molecule has 3 rings (SSSR count). The van der Waals surface area contributed by atoms with E-state index in [1.54, 1.807) is 7.11 Å². The predicted octanol–water partition coefficient (Wildman–Crippen LogP) is 1.55. The second-order valence-corrected chi connectivity index (χ2v) is 6.14. The summed E-state index contributed by atoms with van der Waals surface area (Å²) in [5, 5.41) is 0. The highest BCUT2D eigenvalue weighted by Crippen LogP contribution is 2.46. The van der Waals surface area contributed by atoms with Gasteiger partial charge in [-0.15, -0.1) is 0 Å². The molecule has 1 amide bonds. The van der Waals surface area contributed by atoms with Gasteiger partial charge in [0.25, 0.3) is 5.91 Å². The fourth-order valence-electron chi connectivity index (χ4n) is 3.94. The van der Waals surface area contributed by atoms with E-state index in [2.05, 4.69) is 4.98 Å². The molecule has 0 radical (unpaired) electrons. The van der Waals surface area contributed by atoms with E-state index < -0.39 is 0 Å². The zero-order valence-electron chi connectivity index (χ0n) is 12.5. The van der Waals surface area contributed by atoms with Crippen LogP contribution in [0.25, 0.3) is 0 Å². The molecule has 1 spiro atoms. The third-order valence-electron chi connectivity index (χ3n) is 4.95. The summed E-state index contributed by atoms with van der Waals surface area (Å²) in [6, 6.07) is 0. The number of hydrogen-bond donors (Lipinski definition) is 1. The summed E-state index contributed by atoms with van der Waals surface area (Å²) >= 11 is 0. The molecule has 6 nitrogen and oxygen atoms in total. The molecular weight excluding hydrogens is 270 g/mol. The summed E-state index contributed by atoms with van der Waals surface area (Å²) in [5.74, 6) is 0.347. The molecule has 1 saturated heterocycles. The van der Waals surface area contributed by atoms with Gasteiger partial charge in [-0.25, -0.2) is 4.98 Å². The molecule has 2 fully saturated rings. The zero-order chi connectivity index (χ0) is 14.9.